The highest BCUT2D eigenvalue weighted by Crippen LogP contribution is 2.22. The first-order chi connectivity index (χ1) is 10.2. The molecule has 1 aliphatic heterocycles. The van der Waals surface area contributed by atoms with Crippen LogP contribution in [-0.4, -0.2) is 41.5 Å². The minimum Gasteiger partial charge on any atom is -0.362 e. The van der Waals surface area contributed by atoms with E-state index < -0.39 is 0 Å². The molecule has 0 bridgehead atoms. The third kappa shape index (κ3) is 4.75. The van der Waals surface area contributed by atoms with E-state index in [4.69, 9.17) is 4.99 Å². The Kier molecular flexibility index (Phi) is 6.58. The molecule has 1 N–H and O–H groups in total. The molecule has 1 aromatic carbocycles. The van der Waals surface area contributed by atoms with Crippen molar-refractivity contribution in [2.75, 3.05) is 25.4 Å². The van der Waals surface area contributed by atoms with Gasteiger partial charge in [0.15, 0.2) is 5.17 Å². The molecule has 1 fully saturated rings. The van der Waals surface area contributed by atoms with Gasteiger partial charge in [0.2, 0.25) is 0 Å². The molecule has 0 saturated carbocycles. The molecule has 0 aromatic heterocycles. The Labute approximate surface area is 133 Å². The van der Waals surface area contributed by atoms with E-state index in [0.29, 0.717) is 12.1 Å². The standard InChI is InChI=1S/C17H27N3S/c1-4-20(5-2)16(15-9-7-6-8-10-15)13-18-17-19-14(3)11-12-21-17/h6-10,14,16H,4-5,11-13H2,1-3H3,(H,18,19). The molecule has 116 valence electrons. The summed E-state index contributed by atoms with van der Waals surface area (Å²) in [6.45, 7) is 9.61. The molecule has 1 saturated heterocycles. The predicted octanol–water partition coefficient (Wildman–Crippen LogP) is 3.54. The van der Waals surface area contributed by atoms with E-state index in [2.05, 4.69) is 61.3 Å². The van der Waals surface area contributed by atoms with Crippen molar-refractivity contribution in [2.24, 2.45) is 4.99 Å². The zero-order valence-electron chi connectivity index (χ0n) is 13.4. The molecule has 21 heavy (non-hydrogen) atoms. The SMILES string of the molecule is CCN(CC)C(CN=C1NC(C)CCS1)c1ccccc1. The Morgan fingerprint density at radius 3 is 2.62 bits per heavy atom. The highest BCUT2D eigenvalue weighted by molar-refractivity contribution is 8.13. The minimum atomic E-state index is 0.369. The zero-order chi connectivity index (χ0) is 15.1. The summed E-state index contributed by atoms with van der Waals surface area (Å²) < 4.78 is 0. The highest BCUT2D eigenvalue weighted by Gasteiger charge is 2.19. The van der Waals surface area contributed by atoms with Crippen LogP contribution in [0.15, 0.2) is 35.3 Å². The number of nitrogens with one attached hydrogen (secondary N) is 1. The lowest BCUT2D eigenvalue weighted by Gasteiger charge is -2.29. The number of hydrogen-bond acceptors (Lipinski definition) is 3. The van der Waals surface area contributed by atoms with Gasteiger partial charge in [0.25, 0.3) is 0 Å². The maximum Gasteiger partial charge on any atom is 0.156 e. The summed E-state index contributed by atoms with van der Waals surface area (Å²) in [4.78, 5) is 7.34. The van der Waals surface area contributed by atoms with Crippen molar-refractivity contribution in [3.05, 3.63) is 35.9 Å². The van der Waals surface area contributed by atoms with Crippen LogP contribution >= 0.6 is 11.8 Å². The molecule has 3 nitrogen and oxygen atoms in total. The normalized spacial score (nSPS) is 22.3. The first-order valence-corrected chi connectivity index (χ1v) is 8.95. The van der Waals surface area contributed by atoms with Gasteiger partial charge < -0.3 is 5.32 Å². The number of amidine groups is 1. The number of nitrogens with zero attached hydrogens (tertiary/aromatic N) is 2. The Hall–Kier alpha value is -1.00. The smallest absolute Gasteiger partial charge is 0.156 e. The van der Waals surface area contributed by atoms with Gasteiger partial charge in [-0.05, 0) is 32.0 Å². The Morgan fingerprint density at radius 1 is 1.29 bits per heavy atom. The predicted molar refractivity (Wildman–Crippen MR) is 94.1 cm³/mol. The minimum absolute atomic E-state index is 0.369. The summed E-state index contributed by atoms with van der Waals surface area (Å²) in [6, 6.07) is 11.7. The van der Waals surface area contributed by atoms with E-state index in [0.717, 1.165) is 24.8 Å². The van der Waals surface area contributed by atoms with Crippen molar-refractivity contribution < 1.29 is 0 Å². The van der Waals surface area contributed by atoms with Crippen LogP contribution in [0.4, 0.5) is 0 Å². The largest absolute Gasteiger partial charge is 0.362 e. The maximum absolute atomic E-state index is 4.85. The Balaban J connectivity index is 2.11. The molecule has 0 aliphatic carbocycles. The van der Waals surface area contributed by atoms with E-state index in [-0.39, 0.29) is 0 Å². The van der Waals surface area contributed by atoms with Crippen LogP contribution in [-0.2, 0) is 0 Å². The van der Waals surface area contributed by atoms with E-state index in [1.807, 2.05) is 11.8 Å². The summed E-state index contributed by atoms with van der Waals surface area (Å²) in [5, 5.41) is 4.61. The lowest BCUT2D eigenvalue weighted by Crippen LogP contribution is -2.36. The van der Waals surface area contributed by atoms with Crippen molar-refractivity contribution in [2.45, 2.75) is 39.3 Å². The molecule has 1 aromatic rings. The maximum atomic E-state index is 4.85. The molecule has 1 aliphatic rings. The molecule has 0 amide bonds. The molecular weight excluding hydrogens is 278 g/mol. The van der Waals surface area contributed by atoms with Crippen molar-refractivity contribution in [3.8, 4) is 0 Å². The second kappa shape index (κ2) is 8.44. The van der Waals surface area contributed by atoms with Gasteiger partial charge in [-0.2, -0.15) is 0 Å². The van der Waals surface area contributed by atoms with Crippen molar-refractivity contribution in [1.29, 1.82) is 0 Å². The van der Waals surface area contributed by atoms with E-state index in [1.54, 1.807) is 0 Å². The van der Waals surface area contributed by atoms with E-state index >= 15 is 0 Å². The third-order valence-electron chi connectivity index (χ3n) is 4.00. The second-order valence-corrected chi connectivity index (χ2v) is 6.56. The molecule has 0 radical (unpaired) electrons. The first-order valence-electron chi connectivity index (χ1n) is 7.97. The van der Waals surface area contributed by atoms with Crippen molar-refractivity contribution in [1.82, 2.24) is 10.2 Å². The number of rotatable bonds is 6. The lowest BCUT2D eigenvalue weighted by atomic mass is 10.1. The first kappa shape index (κ1) is 16.4. The van der Waals surface area contributed by atoms with E-state index in [1.165, 1.54) is 17.7 Å². The zero-order valence-corrected chi connectivity index (χ0v) is 14.2. The van der Waals surface area contributed by atoms with Crippen LogP contribution in [0.25, 0.3) is 0 Å². The Bertz CT molecular complexity index is 443. The highest BCUT2D eigenvalue weighted by atomic mass is 32.2. The van der Waals surface area contributed by atoms with Crippen LogP contribution in [0, 0.1) is 0 Å². The number of thioether (sulfide) groups is 1. The summed E-state index contributed by atoms with van der Waals surface area (Å²) in [7, 11) is 0. The number of benzene rings is 1. The van der Waals surface area contributed by atoms with Gasteiger partial charge >= 0.3 is 0 Å². The average molecular weight is 305 g/mol. The van der Waals surface area contributed by atoms with Gasteiger partial charge in [-0.1, -0.05) is 55.9 Å². The van der Waals surface area contributed by atoms with Crippen LogP contribution in [0.2, 0.25) is 0 Å². The van der Waals surface area contributed by atoms with Crippen LogP contribution < -0.4 is 5.32 Å². The van der Waals surface area contributed by atoms with Gasteiger partial charge in [-0.3, -0.25) is 9.89 Å². The van der Waals surface area contributed by atoms with E-state index in [9.17, 15) is 0 Å². The third-order valence-corrected chi connectivity index (χ3v) is 4.97. The van der Waals surface area contributed by atoms with Crippen molar-refractivity contribution >= 4 is 16.9 Å². The van der Waals surface area contributed by atoms with Gasteiger partial charge in [-0.25, -0.2) is 0 Å². The van der Waals surface area contributed by atoms with Crippen LogP contribution in [0.1, 0.15) is 38.8 Å². The number of hydrogen-bond donors (Lipinski definition) is 1. The molecule has 1 heterocycles. The van der Waals surface area contributed by atoms with Crippen molar-refractivity contribution in [3.63, 3.8) is 0 Å². The summed E-state index contributed by atoms with van der Waals surface area (Å²) in [5.41, 5.74) is 1.36. The summed E-state index contributed by atoms with van der Waals surface area (Å²) in [5.74, 6) is 1.17. The number of aliphatic imine (C=N–C) groups is 1. The Morgan fingerprint density at radius 2 is 2.00 bits per heavy atom. The quantitative estimate of drug-likeness (QED) is 0.871. The lowest BCUT2D eigenvalue weighted by molar-refractivity contribution is 0.224. The fraction of sp³-hybridized carbons (Fsp3) is 0.588. The van der Waals surface area contributed by atoms with Gasteiger partial charge in [-0.15, -0.1) is 0 Å². The van der Waals surface area contributed by atoms with Gasteiger partial charge in [0.1, 0.15) is 0 Å². The van der Waals surface area contributed by atoms with Crippen LogP contribution in [0.3, 0.4) is 0 Å². The molecule has 0 spiro atoms. The van der Waals surface area contributed by atoms with Gasteiger partial charge in [0, 0.05) is 11.8 Å². The fourth-order valence-electron chi connectivity index (χ4n) is 2.69. The summed E-state index contributed by atoms with van der Waals surface area (Å²) in [6.07, 6.45) is 1.22. The average Bonchev–Trinajstić information content (AvgIpc) is 2.52. The molecular formula is C17H27N3S. The fourth-order valence-corrected chi connectivity index (χ4v) is 3.80. The topological polar surface area (TPSA) is 27.6 Å². The second-order valence-electron chi connectivity index (χ2n) is 5.48. The molecule has 2 unspecified atom stereocenters. The summed E-state index contributed by atoms with van der Waals surface area (Å²) >= 11 is 1.85. The number of likely N-dealkylation sites (N-methyl/N-ethyl adjacent to an activating group) is 1. The van der Waals surface area contributed by atoms with Gasteiger partial charge in [0.05, 0.1) is 12.6 Å². The molecule has 4 heteroatoms. The monoisotopic (exact) mass is 305 g/mol. The molecule has 2 atom stereocenters. The molecule has 2 rings (SSSR count). The van der Waals surface area contributed by atoms with Crippen LogP contribution in [0.5, 0.6) is 0 Å².